The Kier molecular flexibility index (Phi) is 6.81. The van der Waals surface area contributed by atoms with Crippen molar-refractivity contribution in [2.75, 3.05) is 11.1 Å². The van der Waals surface area contributed by atoms with E-state index in [0.717, 1.165) is 27.8 Å². The third kappa shape index (κ3) is 6.55. The van der Waals surface area contributed by atoms with E-state index in [2.05, 4.69) is 5.32 Å². The van der Waals surface area contributed by atoms with Gasteiger partial charge < -0.3 is 10.1 Å². The van der Waals surface area contributed by atoms with Crippen LogP contribution in [-0.2, 0) is 10.5 Å². The summed E-state index contributed by atoms with van der Waals surface area (Å²) in [5.74, 6) is 1.91. The lowest BCUT2D eigenvalue weighted by atomic mass is 10.2. The first-order chi connectivity index (χ1) is 11.0. The molecule has 2 rings (SSSR count). The number of hydrogen-bond acceptors (Lipinski definition) is 3. The highest BCUT2D eigenvalue weighted by atomic mass is 35.5. The maximum atomic E-state index is 12.0. The number of benzene rings is 2. The van der Waals surface area contributed by atoms with Gasteiger partial charge in [-0.1, -0.05) is 29.8 Å². The van der Waals surface area contributed by atoms with E-state index >= 15 is 0 Å². The van der Waals surface area contributed by atoms with Crippen LogP contribution < -0.4 is 10.1 Å². The Morgan fingerprint density at radius 2 is 1.96 bits per heavy atom. The molecule has 3 nitrogen and oxygen atoms in total. The van der Waals surface area contributed by atoms with Crippen molar-refractivity contribution in [3.8, 4) is 5.75 Å². The van der Waals surface area contributed by atoms with Crippen molar-refractivity contribution in [3.63, 3.8) is 0 Å². The summed E-state index contributed by atoms with van der Waals surface area (Å²) in [5.41, 5.74) is 1.90. The molecular formula is C18H20ClNO2S. The van der Waals surface area contributed by atoms with Crippen LogP contribution in [0.4, 0.5) is 5.69 Å². The lowest BCUT2D eigenvalue weighted by molar-refractivity contribution is -0.113. The van der Waals surface area contributed by atoms with Crippen molar-refractivity contribution in [3.05, 3.63) is 59.1 Å². The third-order valence-corrected chi connectivity index (χ3v) is 4.16. The number of hydrogen-bond donors (Lipinski definition) is 1. The van der Waals surface area contributed by atoms with Crippen molar-refractivity contribution in [1.82, 2.24) is 0 Å². The summed E-state index contributed by atoms with van der Waals surface area (Å²) in [4.78, 5) is 12.0. The topological polar surface area (TPSA) is 38.3 Å². The van der Waals surface area contributed by atoms with Gasteiger partial charge in [0, 0.05) is 22.5 Å². The van der Waals surface area contributed by atoms with Crippen molar-refractivity contribution in [2.24, 2.45) is 0 Å². The number of ether oxygens (including phenoxy) is 1. The van der Waals surface area contributed by atoms with E-state index in [1.54, 1.807) is 11.8 Å². The number of anilines is 1. The second-order valence-electron chi connectivity index (χ2n) is 5.36. The molecule has 5 heteroatoms. The second kappa shape index (κ2) is 8.85. The third-order valence-electron chi connectivity index (χ3n) is 2.90. The molecule has 1 amide bonds. The van der Waals surface area contributed by atoms with Crippen molar-refractivity contribution in [2.45, 2.75) is 25.7 Å². The summed E-state index contributed by atoms with van der Waals surface area (Å²) in [6, 6.07) is 15.1. The Morgan fingerprint density at radius 1 is 1.22 bits per heavy atom. The number of amides is 1. The van der Waals surface area contributed by atoms with E-state index < -0.39 is 0 Å². The molecule has 0 aliphatic rings. The van der Waals surface area contributed by atoms with Crippen LogP contribution in [0.1, 0.15) is 19.4 Å². The highest BCUT2D eigenvalue weighted by Gasteiger charge is 2.05. The molecule has 0 radical (unpaired) electrons. The number of nitrogens with one attached hydrogen (secondary N) is 1. The molecule has 0 aliphatic carbocycles. The normalized spacial score (nSPS) is 10.6. The molecule has 0 bridgehead atoms. The van der Waals surface area contributed by atoms with Crippen molar-refractivity contribution < 1.29 is 9.53 Å². The Labute approximate surface area is 146 Å². The summed E-state index contributed by atoms with van der Waals surface area (Å²) in [6.45, 7) is 3.94. The van der Waals surface area contributed by atoms with Crippen molar-refractivity contribution in [1.29, 1.82) is 0 Å². The molecule has 2 aromatic carbocycles. The highest BCUT2D eigenvalue weighted by molar-refractivity contribution is 7.99. The van der Waals surface area contributed by atoms with Gasteiger partial charge in [0.05, 0.1) is 11.9 Å². The van der Waals surface area contributed by atoms with Gasteiger partial charge in [0.25, 0.3) is 0 Å². The second-order valence-corrected chi connectivity index (χ2v) is 6.78. The first kappa shape index (κ1) is 17.7. The molecule has 0 saturated carbocycles. The summed E-state index contributed by atoms with van der Waals surface area (Å²) < 4.78 is 5.62. The van der Waals surface area contributed by atoms with E-state index in [4.69, 9.17) is 16.3 Å². The highest BCUT2D eigenvalue weighted by Crippen LogP contribution is 2.19. The lowest BCUT2D eigenvalue weighted by Crippen LogP contribution is -2.14. The van der Waals surface area contributed by atoms with E-state index in [1.165, 1.54) is 0 Å². The molecular weight excluding hydrogens is 330 g/mol. The predicted octanol–water partition coefficient (Wildman–Crippen LogP) is 5.00. The minimum Gasteiger partial charge on any atom is -0.491 e. The molecule has 2 aromatic rings. The number of carbonyl (C=O) groups excluding carboxylic acids is 1. The average molecular weight is 350 g/mol. The molecule has 0 saturated heterocycles. The van der Waals surface area contributed by atoms with Crippen LogP contribution in [0.5, 0.6) is 5.75 Å². The maximum Gasteiger partial charge on any atom is 0.234 e. The fourth-order valence-electron chi connectivity index (χ4n) is 1.96. The van der Waals surface area contributed by atoms with E-state index in [0.29, 0.717) is 5.75 Å². The van der Waals surface area contributed by atoms with Crippen LogP contribution >= 0.6 is 23.4 Å². The molecule has 0 aromatic heterocycles. The zero-order valence-electron chi connectivity index (χ0n) is 13.2. The first-order valence-electron chi connectivity index (χ1n) is 7.41. The molecule has 122 valence electrons. The van der Waals surface area contributed by atoms with Gasteiger partial charge in [-0.25, -0.2) is 0 Å². The number of halogens is 1. The Bertz CT molecular complexity index is 644. The molecule has 0 fully saturated rings. The van der Waals surface area contributed by atoms with Crippen LogP contribution in [0, 0.1) is 0 Å². The maximum absolute atomic E-state index is 12.0. The summed E-state index contributed by atoms with van der Waals surface area (Å²) >= 11 is 7.42. The predicted molar refractivity (Wildman–Crippen MR) is 98.4 cm³/mol. The molecule has 1 N–H and O–H groups in total. The van der Waals surface area contributed by atoms with Gasteiger partial charge in [0.1, 0.15) is 5.75 Å². The van der Waals surface area contributed by atoms with Gasteiger partial charge in [0.2, 0.25) is 5.91 Å². The van der Waals surface area contributed by atoms with Crippen LogP contribution in [-0.4, -0.2) is 17.8 Å². The van der Waals surface area contributed by atoms with E-state index in [-0.39, 0.29) is 12.0 Å². The van der Waals surface area contributed by atoms with Gasteiger partial charge in [-0.15, -0.1) is 11.8 Å². The Balaban J connectivity index is 1.79. The number of thioether (sulfide) groups is 1. The van der Waals surface area contributed by atoms with Crippen LogP contribution in [0.25, 0.3) is 0 Å². The SMILES string of the molecule is CC(C)Oc1cccc(NC(=O)CSCc2ccc(Cl)cc2)c1. The average Bonchev–Trinajstić information content (AvgIpc) is 2.49. The van der Waals surface area contributed by atoms with Gasteiger partial charge >= 0.3 is 0 Å². The van der Waals surface area contributed by atoms with Crippen LogP contribution in [0.3, 0.4) is 0 Å². The fraction of sp³-hybridized carbons (Fsp3) is 0.278. The molecule has 0 heterocycles. The fourth-order valence-corrected chi connectivity index (χ4v) is 2.87. The minimum absolute atomic E-state index is 0.0225. The van der Waals surface area contributed by atoms with Gasteiger partial charge in [-0.05, 0) is 43.7 Å². The van der Waals surface area contributed by atoms with Crippen molar-refractivity contribution >= 4 is 35.0 Å². The largest absolute Gasteiger partial charge is 0.491 e. The molecule has 23 heavy (non-hydrogen) atoms. The molecule has 0 unspecified atom stereocenters. The van der Waals surface area contributed by atoms with Gasteiger partial charge in [-0.2, -0.15) is 0 Å². The van der Waals surface area contributed by atoms with E-state index in [1.807, 2.05) is 62.4 Å². The lowest BCUT2D eigenvalue weighted by Gasteiger charge is -2.11. The van der Waals surface area contributed by atoms with Crippen LogP contribution in [0.2, 0.25) is 5.02 Å². The molecule has 0 spiro atoms. The van der Waals surface area contributed by atoms with E-state index in [9.17, 15) is 4.79 Å². The van der Waals surface area contributed by atoms with Crippen LogP contribution in [0.15, 0.2) is 48.5 Å². The minimum atomic E-state index is -0.0225. The monoisotopic (exact) mass is 349 g/mol. The molecule has 0 atom stereocenters. The zero-order valence-corrected chi connectivity index (χ0v) is 14.8. The Hall–Kier alpha value is -1.65. The summed E-state index contributed by atoms with van der Waals surface area (Å²) in [6.07, 6.45) is 0.107. The van der Waals surface area contributed by atoms with Gasteiger partial charge in [0.15, 0.2) is 0 Å². The quantitative estimate of drug-likeness (QED) is 0.764. The number of carbonyl (C=O) groups is 1. The summed E-state index contributed by atoms with van der Waals surface area (Å²) in [7, 11) is 0. The first-order valence-corrected chi connectivity index (χ1v) is 8.95. The standard InChI is InChI=1S/C18H20ClNO2S/c1-13(2)22-17-5-3-4-16(10-17)20-18(21)12-23-11-14-6-8-15(19)9-7-14/h3-10,13H,11-12H2,1-2H3,(H,20,21). The zero-order chi connectivity index (χ0) is 16.7. The molecule has 0 aliphatic heterocycles. The van der Waals surface area contributed by atoms with Gasteiger partial charge in [-0.3, -0.25) is 4.79 Å². The number of rotatable bonds is 7. The summed E-state index contributed by atoms with van der Waals surface area (Å²) in [5, 5.41) is 3.61. The Morgan fingerprint density at radius 3 is 2.65 bits per heavy atom. The smallest absolute Gasteiger partial charge is 0.234 e.